The number of ether oxygens (including phenoxy) is 5. The third-order valence-electron chi connectivity index (χ3n) is 13.4. The first kappa shape index (κ1) is 57.9. The Morgan fingerprint density at radius 3 is 1.28 bits per heavy atom. The van der Waals surface area contributed by atoms with Crippen LogP contribution in [0.25, 0.3) is 0 Å². The Kier molecular flexibility index (Phi) is 36.1. The van der Waals surface area contributed by atoms with E-state index in [0.29, 0.717) is 25.8 Å². The van der Waals surface area contributed by atoms with Gasteiger partial charge in [-0.3, -0.25) is 19.2 Å². The first-order valence-electron chi connectivity index (χ1n) is 27.3. The molecule has 10 heteroatoms. The molecule has 0 bridgehead atoms. The summed E-state index contributed by atoms with van der Waals surface area (Å²) in [4.78, 5) is 55.4. The van der Waals surface area contributed by atoms with Crippen LogP contribution in [-0.4, -0.2) is 86.5 Å². The lowest BCUT2D eigenvalue weighted by atomic mass is 10.0. The number of rotatable bonds is 43. The van der Waals surface area contributed by atoms with Crippen molar-refractivity contribution in [3.05, 3.63) is 0 Å². The summed E-state index contributed by atoms with van der Waals surface area (Å²) in [6, 6.07) is 0. The van der Waals surface area contributed by atoms with Gasteiger partial charge in [-0.2, -0.15) is 0 Å². The fraction of sp³-hybridized carbons (Fsp3) is 0.926. The fourth-order valence-electron chi connectivity index (χ4n) is 9.24. The summed E-state index contributed by atoms with van der Waals surface area (Å²) in [5.41, 5.74) is 0. The highest BCUT2D eigenvalue weighted by Crippen LogP contribution is 2.28. The predicted octanol–water partition coefficient (Wildman–Crippen LogP) is 13.7. The maximum absolute atomic E-state index is 13.4. The molecule has 64 heavy (non-hydrogen) atoms. The molecular weight excluding hydrogens is 807 g/mol. The number of hydrogen-bond acceptors (Lipinski definition) is 10. The highest BCUT2D eigenvalue weighted by atomic mass is 16.7. The molecule has 0 aromatic rings. The van der Waals surface area contributed by atoms with Crippen molar-refractivity contribution in [2.24, 2.45) is 5.92 Å². The van der Waals surface area contributed by atoms with Gasteiger partial charge in [0, 0.05) is 25.8 Å². The van der Waals surface area contributed by atoms with Crippen molar-refractivity contribution < 1.29 is 42.9 Å². The average Bonchev–Trinajstić information content (AvgIpc) is 3.90. The highest BCUT2D eigenvalue weighted by molar-refractivity contribution is 5.73. The number of carbonyl (C=O) groups is 4. The zero-order chi connectivity index (χ0) is 46.3. The standard InChI is InChI=1S/C54H99NO9/c1-5-8-11-14-17-20-23-26-29-32-35-38-49(56)62-47(45-61-54(59)46-41-42-55(4)43-46)52-53(64-51(58)40-37-34-31-28-25-22-19-16-13-10-7-3)48(44-60-52)63-50(57)39-36-33-30-27-24-21-18-15-12-9-6-2/h46-48,52-53H,5-45H2,1-4H3/t46?,47-,48+,52?,53-/m1/s1. The van der Waals surface area contributed by atoms with Gasteiger partial charge in [-0.1, -0.05) is 213 Å². The zero-order valence-corrected chi connectivity index (χ0v) is 42.0. The van der Waals surface area contributed by atoms with E-state index in [0.717, 1.165) is 51.5 Å². The Morgan fingerprint density at radius 2 is 0.891 bits per heavy atom. The van der Waals surface area contributed by atoms with Gasteiger partial charge in [0.25, 0.3) is 0 Å². The maximum Gasteiger partial charge on any atom is 0.310 e. The van der Waals surface area contributed by atoms with Gasteiger partial charge >= 0.3 is 23.9 Å². The Morgan fingerprint density at radius 1 is 0.516 bits per heavy atom. The Labute approximate surface area is 392 Å². The number of nitrogens with zero attached hydrogens (tertiary/aromatic N) is 1. The van der Waals surface area contributed by atoms with E-state index < -0.39 is 30.4 Å². The van der Waals surface area contributed by atoms with Crippen LogP contribution in [0.3, 0.4) is 0 Å². The minimum Gasteiger partial charge on any atom is -0.461 e. The van der Waals surface area contributed by atoms with Gasteiger partial charge in [0.1, 0.15) is 12.7 Å². The normalized spacial score (nSPS) is 19.2. The molecule has 2 heterocycles. The number of unbranched alkanes of at least 4 members (excludes halogenated alkanes) is 30. The molecule has 0 spiro atoms. The molecule has 2 saturated heterocycles. The number of likely N-dealkylation sites (tertiary alicyclic amines) is 1. The van der Waals surface area contributed by atoms with Gasteiger partial charge in [-0.05, 0) is 39.3 Å². The van der Waals surface area contributed by atoms with Crippen LogP contribution in [0.1, 0.15) is 258 Å². The molecule has 2 rings (SSSR count). The van der Waals surface area contributed by atoms with Crippen LogP contribution in [0.4, 0.5) is 0 Å². The molecular formula is C54H99NO9. The topological polar surface area (TPSA) is 118 Å². The molecule has 0 saturated carbocycles. The fourth-order valence-corrected chi connectivity index (χ4v) is 9.24. The molecule has 5 atom stereocenters. The van der Waals surface area contributed by atoms with Gasteiger partial charge in [0.05, 0.1) is 12.5 Å². The molecule has 0 aliphatic carbocycles. The molecule has 2 fully saturated rings. The second kappa shape index (κ2) is 39.9. The molecule has 2 unspecified atom stereocenters. The first-order valence-corrected chi connectivity index (χ1v) is 27.3. The van der Waals surface area contributed by atoms with Crippen LogP contribution >= 0.6 is 0 Å². The number of esters is 4. The minimum absolute atomic E-state index is 0.000918. The third-order valence-corrected chi connectivity index (χ3v) is 13.4. The lowest BCUT2D eigenvalue weighted by Crippen LogP contribution is -2.47. The molecule has 0 radical (unpaired) electrons. The second-order valence-corrected chi connectivity index (χ2v) is 19.5. The lowest BCUT2D eigenvalue weighted by molar-refractivity contribution is -0.180. The molecule has 10 nitrogen and oxygen atoms in total. The van der Waals surface area contributed by atoms with E-state index >= 15 is 0 Å². The monoisotopic (exact) mass is 906 g/mol. The van der Waals surface area contributed by atoms with E-state index in [9.17, 15) is 19.2 Å². The van der Waals surface area contributed by atoms with Gasteiger partial charge in [0.15, 0.2) is 18.3 Å². The molecule has 0 amide bonds. The van der Waals surface area contributed by atoms with Crippen LogP contribution < -0.4 is 0 Å². The zero-order valence-electron chi connectivity index (χ0n) is 42.0. The quantitative estimate of drug-likeness (QED) is 0.0332. The van der Waals surface area contributed by atoms with Crippen molar-refractivity contribution in [3.63, 3.8) is 0 Å². The lowest BCUT2D eigenvalue weighted by Gasteiger charge is -2.29. The van der Waals surface area contributed by atoms with Crippen LogP contribution in [0.2, 0.25) is 0 Å². The van der Waals surface area contributed by atoms with E-state index in [-0.39, 0.29) is 56.3 Å². The average molecular weight is 906 g/mol. The van der Waals surface area contributed by atoms with E-state index in [1.807, 2.05) is 7.05 Å². The summed E-state index contributed by atoms with van der Waals surface area (Å²) in [5, 5.41) is 0. The minimum atomic E-state index is -1.02. The van der Waals surface area contributed by atoms with Gasteiger partial charge in [-0.15, -0.1) is 0 Å². The van der Waals surface area contributed by atoms with Crippen LogP contribution in [0, 0.1) is 5.92 Å². The smallest absolute Gasteiger partial charge is 0.310 e. The van der Waals surface area contributed by atoms with Gasteiger partial charge < -0.3 is 28.6 Å². The number of carbonyl (C=O) groups excluding carboxylic acids is 4. The molecule has 2 aliphatic heterocycles. The van der Waals surface area contributed by atoms with Gasteiger partial charge in [0.2, 0.25) is 0 Å². The summed E-state index contributed by atoms with van der Waals surface area (Å²) in [7, 11) is 1.98. The van der Waals surface area contributed by atoms with E-state index in [1.165, 1.54) is 154 Å². The van der Waals surface area contributed by atoms with E-state index in [2.05, 4.69) is 25.7 Å². The van der Waals surface area contributed by atoms with Crippen molar-refractivity contribution in [1.82, 2.24) is 4.90 Å². The van der Waals surface area contributed by atoms with Crippen LogP contribution in [-0.2, 0) is 42.9 Å². The molecule has 2 aliphatic rings. The van der Waals surface area contributed by atoms with Crippen LogP contribution in [0.5, 0.6) is 0 Å². The van der Waals surface area contributed by atoms with Crippen molar-refractivity contribution in [1.29, 1.82) is 0 Å². The van der Waals surface area contributed by atoms with Gasteiger partial charge in [-0.25, -0.2) is 0 Å². The highest BCUT2D eigenvalue weighted by Gasteiger charge is 2.48. The van der Waals surface area contributed by atoms with Crippen molar-refractivity contribution in [3.8, 4) is 0 Å². The Balaban J connectivity index is 1.99. The molecule has 374 valence electrons. The summed E-state index contributed by atoms with van der Waals surface area (Å²) in [5.74, 6) is -1.73. The maximum atomic E-state index is 13.4. The molecule has 0 N–H and O–H groups in total. The van der Waals surface area contributed by atoms with Crippen molar-refractivity contribution in [2.75, 3.05) is 33.4 Å². The van der Waals surface area contributed by atoms with Crippen molar-refractivity contribution in [2.45, 2.75) is 283 Å². The number of hydrogen-bond donors (Lipinski definition) is 0. The largest absolute Gasteiger partial charge is 0.461 e. The predicted molar refractivity (Wildman–Crippen MR) is 259 cm³/mol. The Bertz CT molecular complexity index is 1170. The Hall–Kier alpha value is -2.20. The van der Waals surface area contributed by atoms with Crippen molar-refractivity contribution >= 4 is 23.9 Å². The third kappa shape index (κ3) is 29.4. The van der Waals surface area contributed by atoms with E-state index in [4.69, 9.17) is 23.7 Å². The van der Waals surface area contributed by atoms with Crippen LogP contribution in [0.15, 0.2) is 0 Å². The summed E-state index contributed by atoms with van der Waals surface area (Å²) in [6.45, 7) is 7.93. The summed E-state index contributed by atoms with van der Waals surface area (Å²) < 4.78 is 30.2. The summed E-state index contributed by atoms with van der Waals surface area (Å²) >= 11 is 0. The first-order chi connectivity index (χ1) is 31.3. The van der Waals surface area contributed by atoms with E-state index in [1.54, 1.807) is 0 Å². The second-order valence-electron chi connectivity index (χ2n) is 19.5. The summed E-state index contributed by atoms with van der Waals surface area (Å²) in [6.07, 6.45) is 36.6. The SMILES string of the molecule is CCCCCCCCCCCCCC(=O)O[C@H]1COC([C@@H](COC(=O)C2CCN(C)C2)OC(=O)CCCCCCCCCCCCC)[C@@H]1OC(=O)CCCCCCCCCCCCC. The molecule has 0 aromatic carbocycles. The molecule has 0 aromatic heterocycles.